The van der Waals surface area contributed by atoms with E-state index in [0.717, 1.165) is 11.1 Å². The van der Waals surface area contributed by atoms with Gasteiger partial charge in [0.1, 0.15) is 0 Å². The highest BCUT2D eigenvalue weighted by Crippen LogP contribution is 2.15. The highest BCUT2D eigenvalue weighted by molar-refractivity contribution is 5.74. The number of nitrogens with zero attached hydrogens (tertiary/aromatic N) is 2. The Labute approximate surface area is 110 Å². The lowest BCUT2D eigenvalue weighted by molar-refractivity contribution is -0.141. The first kappa shape index (κ1) is 13.4. The van der Waals surface area contributed by atoms with Crippen molar-refractivity contribution in [1.29, 1.82) is 0 Å². The number of oxazole rings is 1. The number of aromatic nitrogens is 1. The van der Waals surface area contributed by atoms with Gasteiger partial charge in [-0.05, 0) is 24.7 Å². The van der Waals surface area contributed by atoms with E-state index in [4.69, 9.17) is 4.42 Å². The third-order valence-corrected chi connectivity index (χ3v) is 2.94. The Morgan fingerprint density at radius 3 is 2.89 bits per heavy atom. The zero-order valence-electron chi connectivity index (χ0n) is 11.2. The molecule has 1 aromatic heterocycles. The number of carbonyl (C=O) groups is 1. The molecule has 6 nitrogen and oxygen atoms in total. The van der Waals surface area contributed by atoms with Crippen LogP contribution < -0.4 is 5.76 Å². The SMILES string of the molecule is COC(=O)CN(C)Cc1ccc2oc(=O)n(C)c2c1. The van der Waals surface area contributed by atoms with Crippen LogP contribution in [-0.4, -0.2) is 36.1 Å². The summed E-state index contributed by atoms with van der Waals surface area (Å²) >= 11 is 0. The van der Waals surface area contributed by atoms with Crippen molar-refractivity contribution in [3.8, 4) is 0 Å². The summed E-state index contributed by atoms with van der Waals surface area (Å²) < 4.78 is 11.1. The fraction of sp³-hybridized carbons (Fsp3) is 0.385. The Hall–Kier alpha value is -2.08. The van der Waals surface area contributed by atoms with Gasteiger partial charge < -0.3 is 9.15 Å². The smallest absolute Gasteiger partial charge is 0.419 e. The number of hydrogen-bond donors (Lipinski definition) is 0. The molecule has 0 atom stereocenters. The van der Waals surface area contributed by atoms with Crippen molar-refractivity contribution in [3.05, 3.63) is 34.3 Å². The van der Waals surface area contributed by atoms with Crippen LogP contribution in [0.15, 0.2) is 27.4 Å². The molecule has 0 saturated carbocycles. The van der Waals surface area contributed by atoms with Crippen LogP contribution in [0.25, 0.3) is 11.1 Å². The molecule has 0 aliphatic rings. The first-order valence-corrected chi connectivity index (χ1v) is 5.85. The number of esters is 1. The molecule has 0 aliphatic carbocycles. The number of hydrogen-bond acceptors (Lipinski definition) is 5. The maximum atomic E-state index is 11.4. The maximum Gasteiger partial charge on any atom is 0.419 e. The first-order chi connectivity index (χ1) is 9.01. The molecule has 1 aromatic carbocycles. The van der Waals surface area contributed by atoms with E-state index in [1.54, 1.807) is 13.1 Å². The molecule has 0 unspecified atom stereocenters. The number of aryl methyl sites for hydroxylation is 1. The van der Waals surface area contributed by atoms with Gasteiger partial charge in [0, 0.05) is 13.6 Å². The second-order valence-corrected chi connectivity index (χ2v) is 4.48. The fourth-order valence-corrected chi connectivity index (χ4v) is 1.92. The predicted octanol–water partition coefficient (Wildman–Crippen LogP) is 0.736. The monoisotopic (exact) mass is 264 g/mol. The molecular formula is C13H16N2O4. The molecule has 0 saturated heterocycles. The van der Waals surface area contributed by atoms with Crippen molar-refractivity contribution in [2.24, 2.45) is 7.05 Å². The van der Waals surface area contributed by atoms with E-state index in [1.807, 2.05) is 24.1 Å². The largest absolute Gasteiger partial charge is 0.468 e. The first-order valence-electron chi connectivity index (χ1n) is 5.85. The van der Waals surface area contributed by atoms with Gasteiger partial charge in [-0.25, -0.2) is 4.79 Å². The molecule has 1 heterocycles. The molecule has 2 rings (SSSR count). The van der Waals surface area contributed by atoms with Crippen LogP contribution >= 0.6 is 0 Å². The van der Waals surface area contributed by atoms with Crippen LogP contribution in [0.5, 0.6) is 0 Å². The molecule has 102 valence electrons. The van der Waals surface area contributed by atoms with Crippen LogP contribution in [0.1, 0.15) is 5.56 Å². The molecule has 0 fully saturated rings. The average molecular weight is 264 g/mol. The van der Waals surface area contributed by atoms with Gasteiger partial charge in [-0.1, -0.05) is 6.07 Å². The van der Waals surface area contributed by atoms with E-state index >= 15 is 0 Å². The normalized spacial score (nSPS) is 11.2. The van der Waals surface area contributed by atoms with Crippen LogP contribution in [0.4, 0.5) is 0 Å². The number of methoxy groups -OCH3 is 1. The number of likely N-dealkylation sites (N-methyl/N-ethyl adjacent to an activating group) is 1. The molecule has 0 amide bonds. The van der Waals surface area contributed by atoms with Crippen molar-refractivity contribution in [2.75, 3.05) is 20.7 Å². The molecule has 0 aliphatic heterocycles. The summed E-state index contributed by atoms with van der Waals surface area (Å²) in [4.78, 5) is 24.4. The quantitative estimate of drug-likeness (QED) is 0.762. The number of benzene rings is 1. The molecule has 6 heteroatoms. The highest BCUT2D eigenvalue weighted by Gasteiger charge is 2.10. The summed E-state index contributed by atoms with van der Waals surface area (Å²) in [5.41, 5.74) is 2.30. The summed E-state index contributed by atoms with van der Waals surface area (Å²) in [6.45, 7) is 0.809. The van der Waals surface area contributed by atoms with Crippen molar-refractivity contribution in [2.45, 2.75) is 6.54 Å². The summed E-state index contributed by atoms with van der Waals surface area (Å²) in [5, 5.41) is 0. The van der Waals surface area contributed by atoms with Gasteiger partial charge in [-0.2, -0.15) is 0 Å². The van der Waals surface area contributed by atoms with Gasteiger partial charge >= 0.3 is 11.7 Å². The minimum Gasteiger partial charge on any atom is -0.468 e. The highest BCUT2D eigenvalue weighted by atomic mass is 16.5. The molecular weight excluding hydrogens is 248 g/mol. The molecule has 0 N–H and O–H groups in total. The number of carbonyl (C=O) groups excluding carboxylic acids is 1. The lowest BCUT2D eigenvalue weighted by Crippen LogP contribution is -2.26. The van der Waals surface area contributed by atoms with Gasteiger partial charge in [0.25, 0.3) is 0 Å². The van der Waals surface area contributed by atoms with Gasteiger partial charge in [0.15, 0.2) is 5.58 Å². The van der Waals surface area contributed by atoms with Crippen molar-refractivity contribution in [3.63, 3.8) is 0 Å². The third-order valence-electron chi connectivity index (χ3n) is 2.94. The zero-order valence-corrected chi connectivity index (χ0v) is 11.2. The van der Waals surface area contributed by atoms with E-state index in [9.17, 15) is 9.59 Å². The second-order valence-electron chi connectivity index (χ2n) is 4.48. The van der Waals surface area contributed by atoms with Crippen molar-refractivity contribution < 1.29 is 13.9 Å². The van der Waals surface area contributed by atoms with Crippen LogP contribution in [0.3, 0.4) is 0 Å². The molecule has 0 spiro atoms. The molecule has 0 bridgehead atoms. The Balaban J connectivity index is 2.19. The second kappa shape index (κ2) is 5.27. The lowest BCUT2D eigenvalue weighted by Gasteiger charge is -2.14. The Bertz CT molecular complexity index is 656. The summed E-state index contributed by atoms with van der Waals surface area (Å²) in [5.74, 6) is -0.658. The fourth-order valence-electron chi connectivity index (χ4n) is 1.92. The molecule has 0 radical (unpaired) electrons. The minimum atomic E-state index is -0.380. The molecule has 19 heavy (non-hydrogen) atoms. The predicted molar refractivity (Wildman–Crippen MR) is 69.8 cm³/mol. The van der Waals surface area contributed by atoms with Gasteiger partial charge in [-0.15, -0.1) is 0 Å². The van der Waals surface area contributed by atoms with Crippen molar-refractivity contribution in [1.82, 2.24) is 9.47 Å². The van der Waals surface area contributed by atoms with Gasteiger partial charge in [0.05, 0.1) is 19.2 Å². The van der Waals surface area contributed by atoms with E-state index in [-0.39, 0.29) is 18.3 Å². The Morgan fingerprint density at radius 1 is 1.47 bits per heavy atom. The molecule has 2 aromatic rings. The number of ether oxygens (including phenoxy) is 1. The Kier molecular flexibility index (Phi) is 3.71. The Morgan fingerprint density at radius 2 is 2.21 bits per heavy atom. The van der Waals surface area contributed by atoms with E-state index in [1.165, 1.54) is 11.7 Å². The van der Waals surface area contributed by atoms with E-state index in [0.29, 0.717) is 12.1 Å². The standard InChI is InChI=1S/C13H16N2O4/c1-14(8-12(16)18-3)7-9-4-5-11-10(6-9)15(2)13(17)19-11/h4-6H,7-8H2,1-3H3. The van der Waals surface area contributed by atoms with Crippen LogP contribution in [0, 0.1) is 0 Å². The van der Waals surface area contributed by atoms with Crippen LogP contribution in [-0.2, 0) is 23.1 Å². The van der Waals surface area contributed by atoms with Crippen LogP contribution in [0.2, 0.25) is 0 Å². The lowest BCUT2D eigenvalue weighted by atomic mass is 10.2. The summed E-state index contributed by atoms with van der Waals surface area (Å²) in [7, 11) is 4.86. The number of rotatable bonds is 4. The summed E-state index contributed by atoms with van der Waals surface area (Å²) in [6.07, 6.45) is 0. The topological polar surface area (TPSA) is 64.7 Å². The van der Waals surface area contributed by atoms with Gasteiger partial charge in [0.2, 0.25) is 0 Å². The van der Waals surface area contributed by atoms with E-state index in [2.05, 4.69) is 4.74 Å². The summed E-state index contributed by atoms with van der Waals surface area (Å²) in [6, 6.07) is 5.52. The number of fused-ring (bicyclic) bond motifs is 1. The van der Waals surface area contributed by atoms with E-state index < -0.39 is 0 Å². The van der Waals surface area contributed by atoms with Crippen molar-refractivity contribution >= 4 is 17.1 Å². The zero-order chi connectivity index (χ0) is 14.0. The third kappa shape index (κ3) is 2.85. The minimum absolute atomic E-state index is 0.221. The average Bonchev–Trinajstić information content (AvgIpc) is 2.65. The maximum absolute atomic E-state index is 11.4. The van der Waals surface area contributed by atoms with Gasteiger partial charge in [-0.3, -0.25) is 14.3 Å².